The molecule has 1 aliphatic rings. The molecule has 1 aliphatic heterocycles. The molecule has 3 aromatic carbocycles. The molecule has 5 aromatic rings. The maximum atomic E-state index is 13.8. The van der Waals surface area contributed by atoms with E-state index in [4.69, 9.17) is 10.3 Å². The van der Waals surface area contributed by atoms with Gasteiger partial charge >= 0.3 is 0 Å². The monoisotopic (exact) mass is 586 g/mol. The van der Waals surface area contributed by atoms with Crippen molar-refractivity contribution in [1.82, 2.24) is 14.5 Å². The summed E-state index contributed by atoms with van der Waals surface area (Å²) in [6.07, 6.45) is 4.49. The standard InChI is InChI=1S/C33H26N6O3S/c1-21-17-25(22(2)38(21)27-11-7-23(19-34)8-12-27)18-31-32(40)37(16-15-24-20-35-30-6-4-3-5-29(24)30)33(43-31)36-26-9-13-28(14-10-26)39(41)42/h3-14,17-18,20,35H,15-16H2,1-2H3/b31-18-,36-33?. The lowest BCUT2D eigenvalue weighted by atomic mass is 10.1. The minimum absolute atomic E-state index is 0.0199. The molecule has 0 aliphatic carbocycles. The van der Waals surface area contributed by atoms with Crippen LogP contribution in [0, 0.1) is 35.3 Å². The molecule has 0 bridgehead atoms. The zero-order valence-corrected chi connectivity index (χ0v) is 24.3. The summed E-state index contributed by atoms with van der Waals surface area (Å²) in [6.45, 7) is 4.43. The van der Waals surface area contributed by atoms with Crippen molar-refractivity contribution in [3.63, 3.8) is 0 Å². The predicted molar refractivity (Wildman–Crippen MR) is 169 cm³/mol. The first-order valence-corrected chi connectivity index (χ1v) is 14.4. The van der Waals surface area contributed by atoms with Crippen molar-refractivity contribution in [3.05, 3.63) is 128 Å². The zero-order chi connectivity index (χ0) is 30.1. The molecule has 43 heavy (non-hydrogen) atoms. The number of aromatic nitrogens is 2. The lowest BCUT2D eigenvalue weighted by molar-refractivity contribution is -0.384. The lowest BCUT2D eigenvalue weighted by Gasteiger charge is -2.15. The van der Waals surface area contributed by atoms with Crippen LogP contribution in [0.4, 0.5) is 11.4 Å². The Labute approximate surface area is 251 Å². The topological polar surface area (TPSA) is 120 Å². The lowest BCUT2D eigenvalue weighted by Crippen LogP contribution is -2.31. The van der Waals surface area contributed by atoms with Gasteiger partial charge in [-0.25, -0.2) is 4.99 Å². The average Bonchev–Trinajstić information content (AvgIpc) is 3.65. The van der Waals surface area contributed by atoms with Gasteiger partial charge in [0.25, 0.3) is 11.6 Å². The van der Waals surface area contributed by atoms with Crippen LogP contribution < -0.4 is 0 Å². The van der Waals surface area contributed by atoms with Crippen molar-refractivity contribution < 1.29 is 9.72 Å². The van der Waals surface area contributed by atoms with Gasteiger partial charge in [-0.2, -0.15) is 5.26 Å². The summed E-state index contributed by atoms with van der Waals surface area (Å²) in [5.74, 6) is -0.145. The van der Waals surface area contributed by atoms with Crippen molar-refractivity contribution in [1.29, 1.82) is 5.26 Å². The Morgan fingerprint density at radius 2 is 1.81 bits per heavy atom. The van der Waals surface area contributed by atoms with E-state index in [1.165, 1.54) is 23.9 Å². The van der Waals surface area contributed by atoms with Crippen LogP contribution in [0.25, 0.3) is 22.7 Å². The number of nitrogens with zero attached hydrogens (tertiary/aromatic N) is 5. The van der Waals surface area contributed by atoms with Crippen molar-refractivity contribution in [2.24, 2.45) is 4.99 Å². The maximum absolute atomic E-state index is 13.8. The quantitative estimate of drug-likeness (QED) is 0.123. The third kappa shape index (κ3) is 5.46. The number of nitro benzene ring substituents is 1. The molecule has 6 rings (SSSR count). The Kier molecular flexibility index (Phi) is 7.40. The Balaban J connectivity index is 1.34. The number of carbonyl (C=O) groups is 1. The summed E-state index contributed by atoms with van der Waals surface area (Å²) in [5.41, 5.74) is 7.05. The molecular weight excluding hydrogens is 560 g/mol. The number of para-hydroxylation sites is 1. The number of thioether (sulfide) groups is 1. The number of carbonyl (C=O) groups excluding carboxylic acids is 1. The minimum atomic E-state index is -0.451. The fourth-order valence-corrected chi connectivity index (χ4v) is 6.29. The van der Waals surface area contributed by atoms with E-state index < -0.39 is 4.92 Å². The Morgan fingerprint density at radius 1 is 1.07 bits per heavy atom. The molecule has 0 saturated carbocycles. The minimum Gasteiger partial charge on any atom is -0.361 e. The van der Waals surface area contributed by atoms with Gasteiger partial charge in [0.1, 0.15) is 0 Å². The van der Waals surface area contributed by atoms with E-state index in [0.29, 0.717) is 34.3 Å². The Morgan fingerprint density at radius 3 is 2.53 bits per heavy atom. The number of amides is 1. The number of aromatic amines is 1. The number of H-pyrrole nitrogens is 1. The van der Waals surface area contributed by atoms with E-state index in [1.807, 2.05) is 62.5 Å². The summed E-state index contributed by atoms with van der Waals surface area (Å²) in [7, 11) is 0. The van der Waals surface area contributed by atoms with E-state index in [9.17, 15) is 14.9 Å². The van der Waals surface area contributed by atoms with Gasteiger partial charge in [-0.05, 0) is 97.8 Å². The van der Waals surface area contributed by atoms with Crippen LogP contribution in [0.5, 0.6) is 0 Å². The van der Waals surface area contributed by atoms with E-state index in [2.05, 4.69) is 21.7 Å². The van der Waals surface area contributed by atoms with E-state index in [1.54, 1.807) is 29.2 Å². The largest absolute Gasteiger partial charge is 0.361 e. The molecule has 1 fully saturated rings. The Hall–Kier alpha value is -5.40. The second-order valence-electron chi connectivity index (χ2n) is 10.2. The summed E-state index contributed by atoms with van der Waals surface area (Å²) < 4.78 is 2.10. The average molecular weight is 587 g/mol. The summed E-state index contributed by atoms with van der Waals surface area (Å²) >= 11 is 1.29. The van der Waals surface area contributed by atoms with E-state index in [-0.39, 0.29) is 11.6 Å². The second-order valence-corrected chi connectivity index (χ2v) is 11.2. The molecule has 1 amide bonds. The van der Waals surface area contributed by atoms with E-state index in [0.717, 1.165) is 39.1 Å². The van der Waals surface area contributed by atoms with Gasteiger partial charge in [-0.1, -0.05) is 18.2 Å². The van der Waals surface area contributed by atoms with Gasteiger partial charge in [-0.3, -0.25) is 19.8 Å². The second kappa shape index (κ2) is 11.5. The van der Waals surface area contributed by atoms with Gasteiger partial charge in [-0.15, -0.1) is 0 Å². The van der Waals surface area contributed by atoms with E-state index >= 15 is 0 Å². The molecule has 1 saturated heterocycles. The summed E-state index contributed by atoms with van der Waals surface area (Å²) in [5, 5.41) is 21.9. The van der Waals surface area contributed by atoms with Crippen LogP contribution in [-0.4, -0.2) is 37.0 Å². The van der Waals surface area contributed by atoms with Crippen LogP contribution >= 0.6 is 11.8 Å². The highest BCUT2D eigenvalue weighted by molar-refractivity contribution is 8.18. The zero-order valence-electron chi connectivity index (χ0n) is 23.4. The first-order valence-electron chi connectivity index (χ1n) is 13.6. The number of hydrogen-bond donors (Lipinski definition) is 1. The van der Waals surface area contributed by atoms with Gasteiger partial charge in [0.15, 0.2) is 5.17 Å². The van der Waals surface area contributed by atoms with Crippen molar-refractivity contribution in [2.45, 2.75) is 20.3 Å². The number of hydrogen-bond acceptors (Lipinski definition) is 6. The van der Waals surface area contributed by atoms with Crippen LogP contribution in [0.3, 0.4) is 0 Å². The number of nitro groups is 1. The highest BCUT2D eigenvalue weighted by Gasteiger charge is 2.33. The molecule has 1 N–H and O–H groups in total. The number of benzene rings is 3. The first-order chi connectivity index (χ1) is 20.8. The molecule has 9 nitrogen and oxygen atoms in total. The van der Waals surface area contributed by atoms with Crippen molar-refractivity contribution in [3.8, 4) is 11.8 Å². The highest BCUT2D eigenvalue weighted by Crippen LogP contribution is 2.36. The predicted octanol–water partition coefficient (Wildman–Crippen LogP) is 7.20. The fraction of sp³-hybridized carbons (Fsp3) is 0.121. The normalized spacial score (nSPS) is 15.1. The maximum Gasteiger partial charge on any atom is 0.269 e. The molecule has 3 heterocycles. The number of aliphatic imine (C=N–C) groups is 1. The first kappa shape index (κ1) is 27.8. The molecule has 0 atom stereocenters. The summed E-state index contributed by atoms with van der Waals surface area (Å²) in [4.78, 5) is 34.8. The molecule has 0 spiro atoms. The number of fused-ring (bicyclic) bond motifs is 1. The third-order valence-corrected chi connectivity index (χ3v) is 8.47. The SMILES string of the molecule is Cc1cc(/C=C2\SC(=Nc3ccc([N+](=O)[O-])cc3)N(CCc3c[nH]c4ccccc34)C2=O)c(C)n1-c1ccc(C#N)cc1. The molecule has 10 heteroatoms. The molecule has 0 radical (unpaired) electrons. The number of nitriles is 1. The number of rotatable bonds is 7. The van der Waals surface area contributed by atoms with Crippen LogP contribution in [0.1, 0.15) is 28.1 Å². The highest BCUT2D eigenvalue weighted by atomic mass is 32.2. The molecule has 0 unspecified atom stereocenters. The number of non-ortho nitro benzene ring substituents is 1. The Bertz CT molecular complexity index is 1980. The molecular formula is C33H26N6O3S. The number of aryl methyl sites for hydroxylation is 1. The van der Waals surface area contributed by atoms with Crippen LogP contribution in [-0.2, 0) is 11.2 Å². The van der Waals surface area contributed by atoms with Crippen molar-refractivity contribution >= 4 is 51.2 Å². The smallest absolute Gasteiger partial charge is 0.269 e. The number of amidine groups is 1. The van der Waals surface area contributed by atoms with Gasteiger partial charge < -0.3 is 9.55 Å². The fourth-order valence-electron chi connectivity index (χ4n) is 5.28. The van der Waals surface area contributed by atoms with Gasteiger partial charge in [0.2, 0.25) is 0 Å². The summed E-state index contributed by atoms with van der Waals surface area (Å²) in [6, 6.07) is 25.6. The van der Waals surface area contributed by atoms with Gasteiger partial charge in [0.05, 0.1) is 27.1 Å². The third-order valence-electron chi connectivity index (χ3n) is 7.46. The van der Waals surface area contributed by atoms with Crippen LogP contribution in [0.15, 0.2) is 95.0 Å². The number of nitrogens with one attached hydrogen (secondary N) is 1. The van der Waals surface area contributed by atoms with Gasteiger partial charge in [0, 0.05) is 52.9 Å². The molecule has 2 aromatic heterocycles. The van der Waals surface area contributed by atoms with Crippen LogP contribution in [0.2, 0.25) is 0 Å². The molecule has 212 valence electrons. The van der Waals surface area contributed by atoms with Crippen molar-refractivity contribution in [2.75, 3.05) is 6.54 Å².